The highest BCUT2D eigenvalue weighted by Gasteiger charge is 2.18. The molecule has 0 N–H and O–H groups in total. The zero-order valence-corrected chi connectivity index (χ0v) is 27.5. The van der Waals surface area contributed by atoms with E-state index >= 15 is 0 Å². The Morgan fingerprint density at radius 3 is 1.69 bits per heavy atom. The maximum absolute atomic E-state index is 6.23. The molecular formula is C47H29N3O. The molecule has 238 valence electrons. The Kier molecular flexibility index (Phi) is 6.78. The van der Waals surface area contributed by atoms with Gasteiger partial charge in [0.05, 0.1) is 0 Å². The highest BCUT2D eigenvalue weighted by molar-refractivity contribution is 6.12. The molecule has 4 heteroatoms. The van der Waals surface area contributed by atoms with Gasteiger partial charge in [-0.15, -0.1) is 0 Å². The van der Waals surface area contributed by atoms with Crippen LogP contribution in [0.4, 0.5) is 0 Å². The van der Waals surface area contributed by atoms with Crippen LogP contribution in [0, 0.1) is 0 Å². The monoisotopic (exact) mass is 651 g/mol. The van der Waals surface area contributed by atoms with E-state index < -0.39 is 0 Å². The zero-order valence-electron chi connectivity index (χ0n) is 27.5. The molecule has 0 saturated carbocycles. The van der Waals surface area contributed by atoms with E-state index in [1.165, 1.54) is 21.9 Å². The van der Waals surface area contributed by atoms with Gasteiger partial charge in [-0.05, 0) is 68.1 Å². The standard InChI is InChI=1S/C47H29N3O/c1-2-13-32(14-3-1)45-48-46(50-47(49-45)40-23-11-25-43-44(40)39-20-6-7-24-42(39)51-43)35-27-26-31-16-10-22-38(41(31)29-35)34-18-8-17-33(28-34)37-21-9-15-30-12-4-5-19-36(30)37/h1-29H. The third kappa shape index (κ3) is 5.04. The van der Waals surface area contributed by atoms with Crippen molar-refractivity contribution in [3.63, 3.8) is 0 Å². The molecule has 51 heavy (non-hydrogen) atoms. The number of hydrogen-bond acceptors (Lipinski definition) is 4. The second kappa shape index (κ2) is 11.9. The van der Waals surface area contributed by atoms with E-state index in [-0.39, 0.29) is 0 Å². The Morgan fingerprint density at radius 2 is 0.863 bits per heavy atom. The molecule has 0 radical (unpaired) electrons. The Balaban J connectivity index is 1.15. The van der Waals surface area contributed by atoms with Gasteiger partial charge in [0.15, 0.2) is 17.5 Å². The smallest absolute Gasteiger partial charge is 0.164 e. The van der Waals surface area contributed by atoms with E-state index in [4.69, 9.17) is 19.4 Å². The molecule has 0 aliphatic heterocycles. The van der Waals surface area contributed by atoms with Gasteiger partial charge in [0.2, 0.25) is 0 Å². The molecule has 0 unspecified atom stereocenters. The van der Waals surface area contributed by atoms with E-state index in [2.05, 4.69) is 115 Å². The fourth-order valence-corrected chi connectivity index (χ4v) is 7.30. The van der Waals surface area contributed by atoms with Gasteiger partial charge in [0.25, 0.3) is 0 Å². The summed E-state index contributed by atoms with van der Waals surface area (Å²) in [5, 5.41) is 6.80. The summed E-state index contributed by atoms with van der Waals surface area (Å²) in [5.74, 6) is 1.84. The van der Waals surface area contributed by atoms with E-state index in [0.29, 0.717) is 17.5 Å². The normalized spacial score (nSPS) is 11.5. The van der Waals surface area contributed by atoms with Crippen molar-refractivity contribution in [2.45, 2.75) is 0 Å². The molecular weight excluding hydrogens is 623 g/mol. The number of hydrogen-bond donors (Lipinski definition) is 0. The second-order valence-corrected chi connectivity index (χ2v) is 12.8. The summed E-state index contributed by atoms with van der Waals surface area (Å²) >= 11 is 0. The quantitative estimate of drug-likeness (QED) is 0.186. The van der Waals surface area contributed by atoms with Crippen LogP contribution in [-0.2, 0) is 0 Å². The summed E-state index contributed by atoms with van der Waals surface area (Å²) in [6.07, 6.45) is 0. The van der Waals surface area contributed by atoms with E-state index in [9.17, 15) is 0 Å². The van der Waals surface area contributed by atoms with Crippen LogP contribution in [0.2, 0.25) is 0 Å². The van der Waals surface area contributed by atoms with Gasteiger partial charge in [0.1, 0.15) is 11.2 Å². The Morgan fingerprint density at radius 1 is 0.314 bits per heavy atom. The van der Waals surface area contributed by atoms with Crippen molar-refractivity contribution in [3.8, 4) is 56.4 Å². The van der Waals surface area contributed by atoms with Crippen molar-refractivity contribution in [3.05, 3.63) is 176 Å². The molecule has 0 fully saturated rings. The molecule has 8 aromatic carbocycles. The average Bonchev–Trinajstić information content (AvgIpc) is 3.59. The highest BCUT2D eigenvalue weighted by atomic mass is 16.3. The van der Waals surface area contributed by atoms with Crippen LogP contribution in [0.5, 0.6) is 0 Å². The molecule has 0 spiro atoms. The maximum Gasteiger partial charge on any atom is 0.164 e. The van der Waals surface area contributed by atoms with E-state index in [0.717, 1.165) is 60.5 Å². The molecule has 0 bridgehead atoms. The Labute approximate surface area is 294 Å². The van der Waals surface area contributed by atoms with Crippen molar-refractivity contribution < 1.29 is 4.42 Å². The van der Waals surface area contributed by atoms with Crippen LogP contribution < -0.4 is 0 Å². The lowest BCUT2D eigenvalue weighted by Gasteiger charge is -2.13. The largest absolute Gasteiger partial charge is 0.456 e. The predicted molar refractivity (Wildman–Crippen MR) is 209 cm³/mol. The molecule has 2 aromatic heterocycles. The number of nitrogens with zero attached hydrogens (tertiary/aromatic N) is 3. The zero-order chi connectivity index (χ0) is 33.7. The lowest BCUT2D eigenvalue weighted by atomic mass is 9.92. The predicted octanol–water partition coefficient (Wildman–Crippen LogP) is 12.4. The van der Waals surface area contributed by atoms with Gasteiger partial charge in [0, 0.05) is 27.5 Å². The molecule has 0 aliphatic carbocycles. The summed E-state index contributed by atoms with van der Waals surface area (Å²) in [4.78, 5) is 15.3. The molecule has 10 rings (SSSR count). The molecule has 4 nitrogen and oxygen atoms in total. The average molecular weight is 652 g/mol. The number of furan rings is 1. The molecule has 0 atom stereocenters. The molecule has 0 amide bonds. The summed E-state index contributed by atoms with van der Waals surface area (Å²) in [6.45, 7) is 0. The summed E-state index contributed by atoms with van der Waals surface area (Å²) < 4.78 is 6.23. The minimum Gasteiger partial charge on any atom is -0.456 e. The number of para-hydroxylation sites is 1. The first-order valence-electron chi connectivity index (χ1n) is 17.1. The second-order valence-electron chi connectivity index (χ2n) is 12.8. The fraction of sp³-hybridized carbons (Fsp3) is 0. The van der Waals surface area contributed by atoms with Gasteiger partial charge in [-0.2, -0.15) is 0 Å². The number of benzene rings is 8. The van der Waals surface area contributed by atoms with Crippen LogP contribution in [0.15, 0.2) is 180 Å². The molecule has 10 aromatic rings. The minimum absolute atomic E-state index is 0.604. The third-order valence-electron chi connectivity index (χ3n) is 9.73. The highest BCUT2D eigenvalue weighted by Crippen LogP contribution is 2.38. The summed E-state index contributed by atoms with van der Waals surface area (Å²) in [5.41, 5.74) is 9.12. The SMILES string of the molecule is c1ccc(-c2nc(-c3ccc4cccc(-c5cccc(-c6cccc7ccccc67)c5)c4c3)nc(-c3cccc4oc5ccccc5c34)n2)cc1. The van der Waals surface area contributed by atoms with Crippen molar-refractivity contribution in [1.29, 1.82) is 0 Å². The maximum atomic E-state index is 6.23. The first-order chi connectivity index (χ1) is 25.3. The topological polar surface area (TPSA) is 51.8 Å². The van der Waals surface area contributed by atoms with Gasteiger partial charge in [-0.1, -0.05) is 152 Å². The van der Waals surface area contributed by atoms with Crippen LogP contribution >= 0.6 is 0 Å². The van der Waals surface area contributed by atoms with Gasteiger partial charge < -0.3 is 4.42 Å². The lowest BCUT2D eigenvalue weighted by Crippen LogP contribution is -2.00. The fourth-order valence-electron chi connectivity index (χ4n) is 7.30. The summed E-state index contributed by atoms with van der Waals surface area (Å²) in [6, 6.07) is 61.2. The van der Waals surface area contributed by atoms with Crippen LogP contribution in [0.25, 0.3) is 99.9 Å². The first kappa shape index (κ1) is 29.0. The Hall–Kier alpha value is -6.91. The number of aromatic nitrogens is 3. The molecule has 0 saturated heterocycles. The molecule has 2 heterocycles. The van der Waals surface area contributed by atoms with Crippen molar-refractivity contribution in [2.75, 3.05) is 0 Å². The van der Waals surface area contributed by atoms with Crippen molar-refractivity contribution in [1.82, 2.24) is 15.0 Å². The molecule has 0 aliphatic rings. The number of rotatable bonds is 5. The lowest BCUT2D eigenvalue weighted by molar-refractivity contribution is 0.669. The first-order valence-corrected chi connectivity index (χ1v) is 17.1. The van der Waals surface area contributed by atoms with E-state index in [1.54, 1.807) is 0 Å². The van der Waals surface area contributed by atoms with Gasteiger partial charge in [-0.25, -0.2) is 15.0 Å². The van der Waals surface area contributed by atoms with Crippen LogP contribution in [0.3, 0.4) is 0 Å². The van der Waals surface area contributed by atoms with E-state index in [1.807, 2.05) is 60.7 Å². The number of fused-ring (bicyclic) bond motifs is 5. The minimum atomic E-state index is 0.604. The van der Waals surface area contributed by atoms with Gasteiger partial charge in [-0.3, -0.25) is 0 Å². The third-order valence-corrected chi connectivity index (χ3v) is 9.73. The van der Waals surface area contributed by atoms with Gasteiger partial charge >= 0.3 is 0 Å². The van der Waals surface area contributed by atoms with Crippen LogP contribution in [-0.4, -0.2) is 15.0 Å². The van der Waals surface area contributed by atoms with Crippen LogP contribution in [0.1, 0.15) is 0 Å². The summed E-state index contributed by atoms with van der Waals surface area (Å²) in [7, 11) is 0. The van der Waals surface area contributed by atoms with Crippen molar-refractivity contribution >= 4 is 43.5 Å². The Bertz CT molecular complexity index is 2920. The van der Waals surface area contributed by atoms with Crippen molar-refractivity contribution in [2.24, 2.45) is 0 Å².